The fourth-order valence-electron chi connectivity index (χ4n) is 2.16. The Kier molecular flexibility index (Phi) is 4.58. The van der Waals surface area contributed by atoms with E-state index in [4.69, 9.17) is 10.5 Å². The molecule has 0 aliphatic heterocycles. The van der Waals surface area contributed by atoms with Gasteiger partial charge in [-0.05, 0) is 23.5 Å². The normalized spacial score (nSPS) is 11.5. The van der Waals surface area contributed by atoms with E-state index in [2.05, 4.69) is 49.8 Å². The van der Waals surface area contributed by atoms with E-state index < -0.39 is 0 Å². The maximum Gasteiger partial charge on any atom is 0.242 e. The predicted octanol–water partition coefficient (Wildman–Crippen LogP) is 3.59. The molecule has 0 bridgehead atoms. The minimum Gasteiger partial charge on any atom is -0.437 e. The average molecular weight is 285 g/mol. The first-order valence-corrected chi connectivity index (χ1v) is 7.27. The van der Waals surface area contributed by atoms with E-state index in [0.29, 0.717) is 18.1 Å². The van der Waals surface area contributed by atoms with Gasteiger partial charge in [0.2, 0.25) is 5.88 Å². The van der Waals surface area contributed by atoms with Crippen LogP contribution in [-0.4, -0.2) is 9.97 Å². The zero-order valence-electron chi connectivity index (χ0n) is 13.2. The summed E-state index contributed by atoms with van der Waals surface area (Å²) in [5.41, 5.74) is 8.81. The van der Waals surface area contributed by atoms with Crippen LogP contribution in [0.15, 0.2) is 30.6 Å². The molecule has 1 heterocycles. The zero-order valence-corrected chi connectivity index (χ0v) is 13.2. The van der Waals surface area contributed by atoms with Gasteiger partial charge in [0.15, 0.2) is 0 Å². The molecule has 0 fully saturated rings. The maximum absolute atomic E-state index is 6.00. The monoisotopic (exact) mass is 285 g/mol. The van der Waals surface area contributed by atoms with Gasteiger partial charge in [0.05, 0.1) is 0 Å². The molecular formula is C17H23N3O. The lowest BCUT2D eigenvalue weighted by molar-refractivity contribution is 0.431. The molecule has 0 unspecified atom stereocenters. The van der Waals surface area contributed by atoms with Crippen molar-refractivity contribution in [3.8, 4) is 11.6 Å². The summed E-state index contributed by atoms with van der Waals surface area (Å²) in [5, 5.41) is 0. The van der Waals surface area contributed by atoms with Crippen LogP contribution in [0.1, 0.15) is 44.5 Å². The number of hydrogen-bond acceptors (Lipinski definition) is 4. The molecule has 1 aromatic heterocycles. The van der Waals surface area contributed by atoms with Gasteiger partial charge >= 0.3 is 0 Å². The van der Waals surface area contributed by atoms with E-state index in [0.717, 1.165) is 17.7 Å². The molecule has 4 nitrogen and oxygen atoms in total. The average Bonchev–Trinajstić information content (AvgIpc) is 2.47. The van der Waals surface area contributed by atoms with Gasteiger partial charge < -0.3 is 10.5 Å². The largest absolute Gasteiger partial charge is 0.437 e. The standard InChI is InChI=1S/C17H23N3O/c1-5-12-6-7-15(13(10-12)17(2,3)4)21-16-14(11-18)19-8-9-20-16/h6-10H,5,11,18H2,1-4H3. The van der Waals surface area contributed by atoms with Gasteiger partial charge in [-0.3, -0.25) is 4.98 Å². The predicted molar refractivity (Wildman–Crippen MR) is 84.5 cm³/mol. The Morgan fingerprint density at radius 1 is 1.14 bits per heavy atom. The Labute approximate surface area is 126 Å². The van der Waals surface area contributed by atoms with Crippen molar-refractivity contribution >= 4 is 0 Å². The topological polar surface area (TPSA) is 61.0 Å². The molecule has 0 saturated heterocycles. The van der Waals surface area contributed by atoms with Crippen molar-refractivity contribution in [2.75, 3.05) is 0 Å². The van der Waals surface area contributed by atoms with Crippen LogP contribution in [0.3, 0.4) is 0 Å². The van der Waals surface area contributed by atoms with Crippen molar-refractivity contribution in [3.05, 3.63) is 47.4 Å². The van der Waals surface area contributed by atoms with Crippen LogP contribution in [0, 0.1) is 0 Å². The molecule has 2 N–H and O–H groups in total. The first kappa shape index (κ1) is 15.4. The van der Waals surface area contributed by atoms with E-state index in [-0.39, 0.29) is 5.41 Å². The van der Waals surface area contributed by atoms with Gasteiger partial charge in [-0.25, -0.2) is 4.98 Å². The van der Waals surface area contributed by atoms with E-state index >= 15 is 0 Å². The van der Waals surface area contributed by atoms with E-state index in [1.807, 2.05) is 6.07 Å². The third-order valence-electron chi connectivity index (χ3n) is 3.40. The molecule has 0 aliphatic rings. The molecule has 0 spiro atoms. The second-order valence-corrected chi connectivity index (χ2v) is 6.05. The fraction of sp³-hybridized carbons (Fsp3) is 0.412. The summed E-state index contributed by atoms with van der Waals surface area (Å²) in [5.74, 6) is 1.30. The highest BCUT2D eigenvalue weighted by molar-refractivity contribution is 5.43. The van der Waals surface area contributed by atoms with Crippen LogP contribution in [0.25, 0.3) is 0 Å². The second kappa shape index (κ2) is 6.22. The SMILES string of the molecule is CCc1ccc(Oc2nccnc2CN)c(C(C)(C)C)c1. The lowest BCUT2D eigenvalue weighted by atomic mass is 9.85. The third kappa shape index (κ3) is 3.58. The maximum atomic E-state index is 6.00. The van der Waals surface area contributed by atoms with Gasteiger partial charge in [-0.15, -0.1) is 0 Å². The molecular weight excluding hydrogens is 262 g/mol. The highest BCUT2D eigenvalue weighted by Crippen LogP contribution is 2.35. The number of benzene rings is 1. The van der Waals surface area contributed by atoms with Gasteiger partial charge in [-0.2, -0.15) is 0 Å². The van der Waals surface area contributed by atoms with Crippen molar-refractivity contribution < 1.29 is 4.74 Å². The second-order valence-electron chi connectivity index (χ2n) is 6.05. The van der Waals surface area contributed by atoms with Crippen molar-refractivity contribution in [2.45, 2.75) is 46.1 Å². The van der Waals surface area contributed by atoms with E-state index in [1.54, 1.807) is 12.4 Å². The number of rotatable bonds is 4. The third-order valence-corrected chi connectivity index (χ3v) is 3.40. The lowest BCUT2D eigenvalue weighted by Gasteiger charge is -2.23. The Morgan fingerprint density at radius 3 is 2.48 bits per heavy atom. The molecule has 2 rings (SSSR count). The van der Waals surface area contributed by atoms with Gasteiger partial charge in [0, 0.05) is 24.5 Å². The number of nitrogens with zero attached hydrogens (tertiary/aromatic N) is 2. The zero-order chi connectivity index (χ0) is 15.5. The minimum absolute atomic E-state index is 0.00833. The van der Waals surface area contributed by atoms with Crippen LogP contribution >= 0.6 is 0 Å². The highest BCUT2D eigenvalue weighted by atomic mass is 16.5. The number of hydrogen-bond donors (Lipinski definition) is 1. The Bertz CT molecular complexity index is 618. The fourth-order valence-corrected chi connectivity index (χ4v) is 2.16. The molecule has 112 valence electrons. The number of aryl methyl sites for hydroxylation is 1. The molecule has 4 heteroatoms. The Hall–Kier alpha value is -1.94. The molecule has 21 heavy (non-hydrogen) atoms. The summed E-state index contributed by atoms with van der Waals surface area (Å²) in [4.78, 5) is 8.45. The molecule has 0 atom stereocenters. The molecule has 0 aliphatic carbocycles. The van der Waals surface area contributed by atoms with Crippen LogP contribution in [0.2, 0.25) is 0 Å². The first-order valence-electron chi connectivity index (χ1n) is 7.27. The molecule has 1 aromatic carbocycles. The van der Waals surface area contributed by atoms with Crippen LogP contribution in [0.5, 0.6) is 11.6 Å². The number of nitrogens with two attached hydrogens (primary N) is 1. The summed E-state index contributed by atoms with van der Waals surface area (Å²) in [6.07, 6.45) is 4.24. The van der Waals surface area contributed by atoms with Crippen LogP contribution in [0.4, 0.5) is 0 Å². The minimum atomic E-state index is -0.00833. The van der Waals surface area contributed by atoms with E-state index in [1.165, 1.54) is 5.56 Å². The molecule has 0 amide bonds. The Balaban J connectivity index is 2.44. The number of aromatic nitrogens is 2. The van der Waals surface area contributed by atoms with Crippen molar-refractivity contribution in [1.29, 1.82) is 0 Å². The van der Waals surface area contributed by atoms with Crippen LogP contribution in [-0.2, 0) is 18.4 Å². The molecule has 0 saturated carbocycles. The summed E-state index contributed by atoms with van der Waals surface area (Å²) in [7, 11) is 0. The van der Waals surface area contributed by atoms with Crippen molar-refractivity contribution in [3.63, 3.8) is 0 Å². The van der Waals surface area contributed by atoms with Gasteiger partial charge in [-0.1, -0.05) is 39.8 Å². The lowest BCUT2D eigenvalue weighted by Crippen LogP contribution is -2.14. The first-order chi connectivity index (χ1) is 9.95. The van der Waals surface area contributed by atoms with Gasteiger partial charge in [0.25, 0.3) is 0 Å². The quantitative estimate of drug-likeness (QED) is 0.932. The highest BCUT2D eigenvalue weighted by Gasteiger charge is 2.20. The van der Waals surface area contributed by atoms with Gasteiger partial charge in [0.1, 0.15) is 11.4 Å². The van der Waals surface area contributed by atoms with Crippen molar-refractivity contribution in [1.82, 2.24) is 9.97 Å². The molecule has 0 radical (unpaired) electrons. The summed E-state index contributed by atoms with van der Waals surface area (Å²) in [6, 6.07) is 6.30. The van der Waals surface area contributed by atoms with Crippen molar-refractivity contribution in [2.24, 2.45) is 5.73 Å². The smallest absolute Gasteiger partial charge is 0.242 e. The summed E-state index contributed by atoms with van der Waals surface area (Å²) < 4.78 is 6.00. The van der Waals surface area contributed by atoms with E-state index in [9.17, 15) is 0 Å². The summed E-state index contributed by atoms with van der Waals surface area (Å²) in [6.45, 7) is 8.98. The Morgan fingerprint density at radius 2 is 1.86 bits per heavy atom. The molecule has 2 aromatic rings. The number of ether oxygens (including phenoxy) is 1. The van der Waals surface area contributed by atoms with Crippen LogP contribution < -0.4 is 10.5 Å². The summed E-state index contributed by atoms with van der Waals surface area (Å²) >= 11 is 0.